The standard InChI is InChI=1S/C16H13ClF3N3O/c17-11-5-10(16(18,19)20)6-12-14(11)21-8-23(12)7-13-15(24)9-1-3-22(13)4-2-9/h5-9H,1-4H2. The Labute approximate surface area is 140 Å². The molecule has 0 radical (unpaired) electrons. The summed E-state index contributed by atoms with van der Waals surface area (Å²) in [4.78, 5) is 18.5. The number of aromatic nitrogens is 2. The third-order valence-corrected chi connectivity index (χ3v) is 4.97. The highest BCUT2D eigenvalue weighted by molar-refractivity contribution is 6.35. The average molecular weight is 356 g/mol. The molecule has 3 saturated heterocycles. The fraction of sp³-hybridized carbons (Fsp3) is 0.375. The van der Waals surface area contributed by atoms with Gasteiger partial charge in [-0.1, -0.05) is 11.6 Å². The third-order valence-electron chi connectivity index (χ3n) is 4.68. The number of carbonyl (C=O) groups excluding carboxylic acids is 1. The molecular weight excluding hydrogens is 343 g/mol. The molecule has 3 fully saturated rings. The molecule has 5 rings (SSSR count). The number of rotatable bonds is 1. The van der Waals surface area contributed by atoms with Gasteiger partial charge in [0.2, 0.25) is 0 Å². The van der Waals surface area contributed by atoms with Crippen LogP contribution in [-0.4, -0.2) is 33.3 Å². The van der Waals surface area contributed by atoms with Crippen LogP contribution in [0.15, 0.2) is 24.2 Å². The summed E-state index contributed by atoms with van der Waals surface area (Å²) >= 11 is 5.94. The van der Waals surface area contributed by atoms with Crippen molar-refractivity contribution >= 4 is 34.6 Å². The zero-order valence-corrected chi connectivity index (χ0v) is 13.2. The number of halogens is 4. The smallest absolute Gasteiger partial charge is 0.367 e. The molecule has 3 aliphatic rings. The van der Waals surface area contributed by atoms with E-state index >= 15 is 0 Å². The Hall–Kier alpha value is -2.02. The van der Waals surface area contributed by atoms with Crippen LogP contribution in [0.25, 0.3) is 17.2 Å². The van der Waals surface area contributed by atoms with Crippen molar-refractivity contribution in [3.05, 3.63) is 34.7 Å². The topological polar surface area (TPSA) is 38.1 Å². The van der Waals surface area contributed by atoms with Crippen molar-refractivity contribution in [1.82, 2.24) is 14.5 Å². The Bertz CT molecular complexity index is 863. The summed E-state index contributed by atoms with van der Waals surface area (Å²) in [6, 6.07) is 1.87. The molecule has 24 heavy (non-hydrogen) atoms. The van der Waals surface area contributed by atoms with E-state index in [9.17, 15) is 18.0 Å². The van der Waals surface area contributed by atoms with Gasteiger partial charge in [-0.2, -0.15) is 13.2 Å². The first kappa shape index (κ1) is 15.5. The van der Waals surface area contributed by atoms with Crippen LogP contribution in [0.3, 0.4) is 0 Å². The molecule has 0 spiro atoms. The number of benzene rings is 1. The van der Waals surface area contributed by atoms with Crippen LogP contribution in [-0.2, 0) is 11.0 Å². The zero-order chi connectivity index (χ0) is 17.1. The summed E-state index contributed by atoms with van der Waals surface area (Å²) in [5.74, 6) is 0.0674. The van der Waals surface area contributed by atoms with E-state index in [1.165, 1.54) is 10.9 Å². The van der Waals surface area contributed by atoms with Gasteiger partial charge in [-0.15, -0.1) is 0 Å². The van der Waals surface area contributed by atoms with Gasteiger partial charge in [0.1, 0.15) is 11.8 Å². The molecule has 8 heteroatoms. The Morgan fingerprint density at radius 2 is 1.96 bits per heavy atom. The fourth-order valence-electron chi connectivity index (χ4n) is 3.38. The monoisotopic (exact) mass is 355 g/mol. The first-order chi connectivity index (χ1) is 11.3. The van der Waals surface area contributed by atoms with Crippen LogP contribution in [0.1, 0.15) is 18.4 Å². The van der Waals surface area contributed by atoms with Crippen molar-refractivity contribution in [3.63, 3.8) is 0 Å². The van der Waals surface area contributed by atoms with Crippen LogP contribution in [0, 0.1) is 5.92 Å². The number of ketones is 1. The van der Waals surface area contributed by atoms with E-state index in [2.05, 4.69) is 4.98 Å². The fourth-order valence-corrected chi connectivity index (χ4v) is 3.65. The van der Waals surface area contributed by atoms with Crippen molar-refractivity contribution in [1.29, 1.82) is 0 Å². The lowest BCUT2D eigenvalue weighted by Gasteiger charge is -2.40. The van der Waals surface area contributed by atoms with Crippen LogP contribution >= 0.6 is 11.6 Å². The van der Waals surface area contributed by atoms with E-state index in [1.54, 1.807) is 6.20 Å². The number of nitrogens with zero attached hydrogens (tertiary/aromatic N) is 3. The summed E-state index contributed by atoms with van der Waals surface area (Å²) in [6.07, 6.45) is 0.138. The molecule has 0 unspecified atom stereocenters. The number of piperidine rings is 3. The van der Waals surface area contributed by atoms with Crippen LogP contribution in [0.4, 0.5) is 13.2 Å². The van der Waals surface area contributed by atoms with Gasteiger partial charge in [-0.3, -0.25) is 4.79 Å². The van der Waals surface area contributed by atoms with Crippen molar-refractivity contribution in [2.75, 3.05) is 13.1 Å². The number of alkyl halides is 3. The number of carbonyl (C=O) groups is 1. The molecule has 2 bridgehead atoms. The number of hydrogen-bond donors (Lipinski definition) is 0. The van der Waals surface area contributed by atoms with Gasteiger partial charge in [-0.05, 0) is 25.0 Å². The second-order valence-electron chi connectivity index (χ2n) is 6.12. The predicted molar refractivity (Wildman–Crippen MR) is 83.3 cm³/mol. The Morgan fingerprint density at radius 3 is 2.58 bits per heavy atom. The van der Waals surface area contributed by atoms with Crippen LogP contribution in [0.2, 0.25) is 5.02 Å². The van der Waals surface area contributed by atoms with Crippen molar-refractivity contribution in [2.24, 2.45) is 5.92 Å². The molecule has 1 aromatic heterocycles. The van der Waals surface area contributed by atoms with Gasteiger partial charge >= 0.3 is 6.18 Å². The number of imidazole rings is 1. The summed E-state index contributed by atoms with van der Waals surface area (Å²) < 4.78 is 40.5. The molecule has 0 amide bonds. The van der Waals surface area contributed by atoms with E-state index in [-0.39, 0.29) is 27.8 Å². The highest BCUT2D eigenvalue weighted by atomic mass is 35.5. The molecule has 126 valence electrons. The summed E-state index contributed by atoms with van der Waals surface area (Å²) in [5.41, 5.74) is 0.213. The van der Waals surface area contributed by atoms with Gasteiger partial charge in [0.05, 0.1) is 21.8 Å². The van der Waals surface area contributed by atoms with Gasteiger partial charge in [0.25, 0.3) is 0 Å². The van der Waals surface area contributed by atoms with E-state index in [4.69, 9.17) is 11.6 Å². The lowest BCUT2D eigenvalue weighted by molar-refractivity contribution is -0.137. The largest absolute Gasteiger partial charge is 0.416 e. The molecule has 2 aromatic rings. The molecular formula is C16H13ClF3N3O. The molecule has 1 aromatic carbocycles. The minimum Gasteiger partial charge on any atom is -0.367 e. The van der Waals surface area contributed by atoms with Crippen molar-refractivity contribution in [2.45, 2.75) is 19.0 Å². The Kier molecular flexibility index (Phi) is 3.38. The van der Waals surface area contributed by atoms with Gasteiger partial charge in [-0.25, -0.2) is 4.98 Å². The number of Topliss-reactive ketones (excluding diaryl/α,β-unsaturated/α-hetero) is 1. The maximum absolute atomic E-state index is 13.0. The molecule has 0 aliphatic carbocycles. The summed E-state index contributed by atoms with van der Waals surface area (Å²) in [5, 5.41) is -0.0613. The summed E-state index contributed by atoms with van der Waals surface area (Å²) in [7, 11) is 0. The highest BCUT2D eigenvalue weighted by Crippen LogP contribution is 2.36. The molecule has 4 heterocycles. The van der Waals surface area contributed by atoms with Gasteiger partial charge in [0.15, 0.2) is 5.78 Å². The first-order valence-corrected chi connectivity index (χ1v) is 7.96. The normalized spacial score (nSPS) is 20.6. The van der Waals surface area contributed by atoms with Crippen molar-refractivity contribution in [3.8, 4) is 0 Å². The quantitative estimate of drug-likeness (QED) is 0.730. The number of fused-ring (bicyclic) bond motifs is 4. The van der Waals surface area contributed by atoms with Crippen molar-refractivity contribution < 1.29 is 18.0 Å². The highest BCUT2D eigenvalue weighted by Gasteiger charge is 2.37. The second-order valence-corrected chi connectivity index (χ2v) is 6.52. The lowest BCUT2D eigenvalue weighted by atomic mass is 9.85. The SMILES string of the molecule is O=C1C(=Cn2cnc3c(Cl)cc(C(F)(F)F)cc32)N2CCC1CC2. The van der Waals surface area contributed by atoms with Crippen LogP contribution in [0.5, 0.6) is 0 Å². The Morgan fingerprint density at radius 1 is 1.25 bits per heavy atom. The second kappa shape index (κ2) is 5.24. The Balaban J connectivity index is 1.84. The maximum atomic E-state index is 13.0. The van der Waals surface area contributed by atoms with E-state index in [0.29, 0.717) is 5.70 Å². The maximum Gasteiger partial charge on any atom is 0.416 e. The molecule has 3 aliphatic heterocycles. The molecule has 0 saturated carbocycles. The zero-order valence-electron chi connectivity index (χ0n) is 12.5. The average Bonchev–Trinajstić information content (AvgIpc) is 2.94. The molecule has 0 N–H and O–H groups in total. The van der Waals surface area contributed by atoms with E-state index in [0.717, 1.165) is 38.1 Å². The van der Waals surface area contributed by atoms with Crippen LogP contribution < -0.4 is 0 Å². The molecule has 0 atom stereocenters. The predicted octanol–water partition coefficient (Wildman–Crippen LogP) is 3.80. The minimum atomic E-state index is -4.50. The van der Waals surface area contributed by atoms with Gasteiger partial charge in [0, 0.05) is 25.2 Å². The minimum absolute atomic E-state index is 0.0189. The number of allylic oxidation sites excluding steroid dienone is 1. The van der Waals surface area contributed by atoms with E-state index < -0.39 is 11.7 Å². The lowest BCUT2D eigenvalue weighted by Crippen LogP contribution is -2.46. The first-order valence-electron chi connectivity index (χ1n) is 7.59. The van der Waals surface area contributed by atoms with Gasteiger partial charge < -0.3 is 9.47 Å². The number of hydrogen-bond acceptors (Lipinski definition) is 3. The third kappa shape index (κ3) is 2.38. The van der Waals surface area contributed by atoms with E-state index in [1.807, 2.05) is 4.90 Å². The summed E-state index contributed by atoms with van der Waals surface area (Å²) in [6.45, 7) is 1.59. The molecule has 4 nitrogen and oxygen atoms in total.